The van der Waals surface area contributed by atoms with E-state index in [2.05, 4.69) is 9.26 Å². The standard InChI is InChI=1S/C6H13O9P/c7-3-2(1-14-16(11,12)13)15-6(10)5(9)4(3)8/h2-10H,1H2,(H2,11,12,13)/p-2/t2-,3+,4+,5-,6?/m1/s1. The zero-order valence-electron chi connectivity index (χ0n) is 7.87. The maximum Gasteiger partial charge on any atom is 0.184 e. The van der Waals surface area contributed by atoms with Crippen LogP contribution in [0.4, 0.5) is 0 Å². The van der Waals surface area contributed by atoms with Crippen LogP contribution in [0.5, 0.6) is 0 Å². The van der Waals surface area contributed by atoms with Gasteiger partial charge in [0.15, 0.2) is 6.29 Å². The Labute approximate surface area is 90.1 Å². The van der Waals surface area contributed by atoms with Crippen LogP contribution in [0.1, 0.15) is 0 Å². The minimum atomic E-state index is -5.23. The number of aliphatic hydroxyl groups excluding tert-OH is 4. The highest BCUT2D eigenvalue weighted by Crippen LogP contribution is 2.27. The van der Waals surface area contributed by atoms with Crippen LogP contribution in [0.25, 0.3) is 0 Å². The molecule has 0 bridgehead atoms. The molecule has 16 heavy (non-hydrogen) atoms. The van der Waals surface area contributed by atoms with Crippen molar-refractivity contribution < 1.29 is 44.0 Å². The molecule has 0 spiro atoms. The van der Waals surface area contributed by atoms with E-state index in [9.17, 15) is 24.6 Å². The third-order valence-corrected chi connectivity index (χ3v) is 2.55. The fourth-order valence-corrected chi connectivity index (χ4v) is 1.56. The second-order valence-electron chi connectivity index (χ2n) is 3.28. The topological polar surface area (TPSA) is 163 Å². The number of hydrogen-bond donors (Lipinski definition) is 4. The molecular formula is C6H11O9P-2. The first-order valence-electron chi connectivity index (χ1n) is 4.26. The highest BCUT2D eigenvalue weighted by molar-refractivity contribution is 7.43. The summed E-state index contributed by atoms with van der Waals surface area (Å²) in [6, 6.07) is 0. The molecule has 96 valence electrons. The molecule has 1 rings (SSSR count). The molecule has 0 aromatic heterocycles. The normalized spacial score (nSPS) is 41.0. The first-order chi connectivity index (χ1) is 7.22. The zero-order chi connectivity index (χ0) is 12.5. The molecule has 0 aromatic carbocycles. The van der Waals surface area contributed by atoms with Crippen molar-refractivity contribution in [2.24, 2.45) is 0 Å². The van der Waals surface area contributed by atoms with E-state index in [1.165, 1.54) is 0 Å². The summed E-state index contributed by atoms with van der Waals surface area (Å²) in [6.07, 6.45) is -8.35. The summed E-state index contributed by atoms with van der Waals surface area (Å²) in [5, 5.41) is 36.6. The van der Waals surface area contributed by atoms with Crippen LogP contribution in [-0.4, -0.2) is 57.7 Å². The first-order valence-corrected chi connectivity index (χ1v) is 5.73. The van der Waals surface area contributed by atoms with Gasteiger partial charge >= 0.3 is 0 Å². The van der Waals surface area contributed by atoms with Crippen molar-refractivity contribution in [3.05, 3.63) is 0 Å². The van der Waals surface area contributed by atoms with Crippen molar-refractivity contribution in [1.82, 2.24) is 0 Å². The molecular weight excluding hydrogens is 247 g/mol. The van der Waals surface area contributed by atoms with E-state index in [-0.39, 0.29) is 0 Å². The van der Waals surface area contributed by atoms with Gasteiger partial charge in [0.05, 0.1) is 14.4 Å². The number of hydrogen-bond acceptors (Lipinski definition) is 9. The number of rotatable bonds is 3. The molecule has 0 aliphatic carbocycles. The lowest BCUT2D eigenvalue weighted by Crippen LogP contribution is -2.58. The Morgan fingerprint density at radius 1 is 1.12 bits per heavy atom. The van der Waals surface area contributed by atoms with Gasteiger partial charge < -0.3 is 44.0 Å². The Balaban J connectivity index is 2.57. The Morgan fingerprint density at radius 3 is 2.19 bits per heavy atom. The van der Waals surface area contributed by atoms with Crippen molar-refractivity contribution in [1.29, 1.82) is 0 Å². The van der Waals surface area contributed by atoms with E-state index in [1.807, 2.05) is 0 Å². The molecule has 9 nitrogen and oxygen atoms in total. The lowest BCUT2D eigenvalue weighted by molar-refractivity contribution is -0.347. The highest BCUT2D eigenvalue weighted by Gasteiger charge is 2.43. The predicted molar refractivity (Wildman–Crippen MR) is 42.5 cm³/mol. The summed E-state index contributed by atoms with van der Waals surface area (Å²) in [4.78, 5) is 20.3. The summed E-state index contributed by atoms with van der Waals surface area (Å²) in [5.74, 6) is 0. The molecule has 0 amide bonds. The van der Waals surface area contributed by atoms with Crippen LogP contribution in [-0.2, 0) is 13.8 Å². The molecule has 1 heterocycles. The SMILES string of the molecule is O=P([O-])([O-])OC[C@H]1OC(O)[C@H](O)[C@@H](O)[C@H]1O. The van der Waals surface area contributed by atoms with Gasteiger partial charge in [-0.15, -0.1) is 0 Å². The molecule has 4 N–H and O–H groups in total. The van der Waals surface area contributed by atoms with Gasteiger partial charge in [0.2, 0.25) is 0 Å². The van der Waals surface area contributed by atoms with E-state index in [1.54, 1.807) is 0 Å². The third kappa shape index (κ3) is 3.45. The van der Waals surface area contributed by atoms with E-state index in [4.69, 9.17) is 10.2 Å². The molecule has 0 aromatic rings. The average Bonchev–Trinajstić information content (AvgIpc) is 2.17. The molecule has 1 fully saturated rings. The summed E-state index contributed by atoms with van der Waals surface area (Å²) < 4.78 is 18.5. The molecule has 1 saturated heterocycles. The van der Waals surface area contributed by atoms with E-state index >= 15 is 0 Å². The van der Waals surface area contributed by atoms with Crippen molar-refractivity contribution in [3.8, 4) is 0 Å². The van der Waals surface area contributed by atoms with Gasteiger partial charge in [-0.1, -0.05) is 0 Å². The minimum Gasteiger partial charge on any atom is -0.790 e. The van der Waals surface area contributed by atoms with Gasteiger partial charge in [-0.05, 0) is 0 Å². The van der Waals surface area contributed by atoms with Crippen LogP contribution in [0.15, 0.2) is 0 Å². The van der Waals surface area contributed by atoms with Gasteiger partial charge in [-0.2, -0.15) is 0 Å². The fourth-order valence-electron chi connectivity index (χ4n) is 1.23. The summed E-state index contributed by atoms with van der Waals surface area (Å²) >= 11 is 0. The molecule has 0 radical (unpaired) electrons. The Morgan fingerprint density at radius 2 is 1.69 bits per heavy atom. The van der Waals surface area contributed by atoms with Gasteiger partial charge in [0.1, 0.15) is 24.4 Å². The van der Waals surface area contributed by atoms with E-state index in [0.29, 0.717) is 0 Å². The average molecular weight is 258 g/mol. The Bertz CT molecular complexity index is 277. The molecule has 10 heteroatoms. The molecule has 5 atom stereocenters. The number of aliphatic hydroxyl groups is 4. The second kappa shape index (κ2) is 5.05. The second-order valence-corrected chi connectivity index (χ2v) is 4.43. The smallest absolute Gasteiger partial charge is 0.184 e. The molecule has 1 aliphatic rings. The van der Waals surface area contributed by atoms with Gasteiger partial charge in [-0.3, -0.25) is 0 Å². The van der Waals surface area contributed by atoms with Gasteiger partial charge in [0, 0.05) is 0 Å². The van der Waals surface area contributed by atoms with Gasteiger partial charge in [-0.25, -0.2) is 0 Å². The van der Waals surface area contributed by atoms with Crippen LogP contribution in [0.3, 0.4) is 0 Å². The molecule has 1 unspecified atom stereocenters. The first kappa shape index (κ1) is 14.0. The van der Waals surface area contributed by atoms with Crippen LogP contribution < -0.4 is 9.79 Å². The number of phosphoric acid groups is 1. The highest BCUT2D eigenvalue weighted by atomic mass is 31.2. The monoisotopic (exact) mass is 258 g/mol. The summed E-state index contributed by atoms with van der Waals surface area (Å²) in [5.41, 5.74) is 0. The summed E-state index contributed by atoms with van der Waals surface area (Å²) in [6.45, 7) is -0.855. The lowest BCUT2D eigenvalue weighted by atomic mass is 10.00. The Kier molecular flexibility index (Phi) is 4.41. The quantitative estimate of drug-likeness (QED) is 0.366. The third-order valence-electron chi connectivity index (χ3n) is 2.08. The van der Waals surface area contributed by atoms with Crippen molar-refractivity contribution in [3.63, 3.8) is 0 Å². The largest absolute Gasteiger partial charge is 0.790 e. The van der Waals surface area contributed by atoms with Crippen LogP contribution >= 0.6 is 7.82 Å². The molecule has 0 saturated carbocycles. The zero-order valence-corrected chi connectivity index (χ0v) is 8.77. The maximum atomic E-state index is 10.1. The maximum absolute atomic E-state index is 10.1. The van der Waals surface area contributed by atoms with Crippen molar-refractivity contribution >= 4 is 7.82 Å². The van der Waals surface area contributed by atoms with Crippen LogP contribution in [0.2, 0.25) is 0 Å². The number of phosphoric ester groups is 1. The predicted octanol–water partition coefficient (Wildman–Crippen LogP) is -4.37. The van der Waals surface area contributed by atoms with Crippen molar-refractivity contribution in [2.75, 3.05) is 6.61 Å². The number of ether oxygens (including phenoxy) is 1. The molecule has 1 aliphatic heterocycles. The fraction of sp³-hybridized carbons (Fsp3) is 1.00. The summed E-state index contributed by atoms with van der Waals surface area (Å²) in [7, 11) is -5.23. The van der Waals surface area contributed by atoms with E-state index < -0.39 is 45.1 Å². The van der Waals surface area contributed by atoms with Gasteiger partial charge in [0.25, 0.3) is 0 Å². The van der Waals surface area contributed by atoms with Crippen molar-refractivity contribution in [2.45, 2.75) is 30.7 Å². The minimum absolute atomic E-state index is 0.855. The van der Waals surface area contributed by atoms with Crippen LogP contribution in [0, 0.1) is 0 Å². The van der Waals surface area contributed by atoms with E-state index in [0.717, 1.165) is 0 Å². The lowest BCUT2D eigenvalue weighted by Gasteiger charge is -2.39. The Hall–Kier alpha value is -0.0900.